The number of carbonyl (C=O) groups is 1. The fraction of sp³-hybridized carbons (Fsp3) is 0.0952. The Morgan fingerprint density at radius 1 is 0.926 bits per heavy atom. The summed E-state index contributed by atoms with van der Waals surface area (Å²) >= 11 is 11.9. The predicted octanol–water partition coefficient (Wildman–Crippen LogP) is 5.62. The number of halogens is 2. The molecule has 0 aliphatic heterocycles. The standard InChI is InChI=1S/C21H18Cl2N2O2/c22-16-9-10-20(19(23)11-16)24-13-21(26)25-17-7-4-8-18(12-17)27-14-15-5-2-1-3-6-15/h1-12,24H,13-14H2,(H,25,26). The van der Waals surface area contributed by atoms with Crippen LogP contribution in [0.3, 0.4) is 0 Å². The van der Waals surface area contributed by atoms with E-state index in [1.54, 1.807) is 24.3 Å². The molecule has 0 unspecified atom stereocenters. The van der Waals surface area contributed by atoms with Gasteiger partial charge in [0.25, 0.3) is 0 Å². The fourth-order valence-corrected chi connectivity index (χ4v) is 2.89. The van der Waals surface area contributed by atoms with Gasteiger partial charge in [0.15, 0.2) is 0 Å². The Kier molecular flexibility index (Phi) is 6.58. The van der Waals surface area contributed by atoms with Crippen LogP contribution >= 0.6 is 23.2 Å². The maximum Gasteiger partial charge on any atom is 0.243 e. The lowest BCUT2D eigenvalue weighted by molar-refractivity contribution is -0.114. The molecular formula is C21H18Cl2N2O2. The van der Waals surface area contributed by atoms with Gasteiger partial charge in [0.2, 0.25) is 5.91 Å². The van der Waals surface area contributed by atoms with E-state index in [4.69, 9.17) is 27.9 Å². The summed E-state index contributed by atoms with van der Waals surface area (Å²) in [5, 5.41) is 6.83. The molecule has 6 heteroatoms. The topological polar surface area (TPSA) is 50.4 Å². The quantitative estimate of drug-likeness (QED) is 0.540. The van der Waals surface area contributed by atoms with Gasteiger partial charge < -0.3 is 15.4 Å². The second-order valence-corrected chi connectivity index (χ2v) is 6.67. The van der Waals surface area contributed by atoms with Crippen molar-refractivity contribution in [3.05, 3.63) is 88.4 Å². The minimum Gasteiger partial charge on any atom is -0.489 e. The Balaban J connectivity index is 1.53. The zero-order chi connectivity index (χ0) is 19.1. The van der Waals surface area contributed by atoms with E-state index in [0.29, 0.717) is 33.8 Å². The number of hydrogen-bond acceptors (Lipinski definition) is 3. The fourth-order valence-electron chi connectivity index (χ4n) is 2.42. The summed E-state index contributed by atoms with van der Waals surface area (Å²) in [7, 11) is 0. The summed E-state index contributed by atoms with van der Waals surface area (Å²) in [6.07, 6.45) is 0. The summed E-state index contributed by atoms with van der Waals surface area (Å²) in [4.78, 5) is 12.2. The number of hydrogen-bond donors (Lipinski definition) is 2. The van der Waals surface area contributed by atoms with Crippen molar-refractivity contribution in [1.29, 1.82) is 0 Å². The Morgan fingerprint density at radius 3 is 2.52 bits per heavy atom. The van der Waals surface area contributed by atoms with Crippen LogP contribution in [-0.2, 0) is 11.4 Å². The number of amides is 1. The van der Waals surface area contributed by atoms with Gasteiger partial charge in [0.05, 0.1) is 17.3 Å². The van der Waals surface area contributed by atoms with Crippen molar-refractivity contribution in [3.8, 4) is 5.75 Å². The van der Waals surface area contributed by atoms with Crippen molar-refractivity contribution in [2.75, 3.05) is 17.2 Å². The number of carbonyl (C=O) groups excluding carboxylic acids is 1. The molecule has 3 rings (SSSR count). The molecule has 0 fully saturated rings. The Hall–Kier alpha value is -2.69. The van der Waals surface area contributed by atoms with Crippen LogP contribution in [0.1, 0.15) is 5.56 Å². The second-order valence-electron chi connectivity index (χ2n) is 5.83. The number of benzene rings is 3. The molecule has 0 heterocycles. The average Bonchev–Trinajstić information content (AvgIpc) is 2.67. The first-order valence-electron chi connectivity index (χ1n) is 8.36. The summed E-state index contributed by atoms with van der Waals surface area (Å²) < 4.78 is 5.77. The summed E-state index contributed by atoms with van der Waals surface area (Å²) in [6.45, 7) is 0.547. The Bertz CT molecular complexity index is 917. The predicted molar refractivity (Wildman–Crippen MR) is 111 cm³/mol. The number of anilines is 2. The third-order valence-corrected chi connectivity index (χ3v) is 4.28. The number of ether oxygens (including phenoxy) is 1. The van der Waals surface area contributed by atoms with E-state index in [-0.39, 0.29) is 12.5 Å². The van der Waals surface area contributed by atoms with E-state index in [2.05, 4.69) is 10.6 Å². The summed E-state index contributed by atoms with van der Waals surface area (Å²) in [5.74, 6) is 0.492. The molecule has 2 N–H and O–H groups in total. The van der Waals surface area contributed by atoms with Crippen molar-refractivity contribution in [2.45, 2.75) is 6.61 Å². The van der Waals surface area contributed by atoms with Crippen LogP contribution in [0, 0.1) is 0 Å². The molecule has 27 heavy (non-hydrogen) atoms. The van der Waals surface area contributed by atoms with E-state index in [9.17, 15) is 4.79 Å². The van der Waals surface area contributed by atoms with Crippen LogP contribution < -0.4 is 15.4 Å². The third kappa shape index (κ3) is 5.91. The maximum absolute atomic E-state index is 12.2. The van der Waals surface area contributed by atoms with E-state index >= 15 is 0 Å². The van der Waals surface area contributed by atoms with Gasteiger partial charge in [-0.2, -0.15) is 0 Å². The first-order valence-corrected chi connectivity index (χ1v) is 9.11. The van der Waals surface area contributed by atoms with Crippen molar-refractivity contribution >= 4 is 40.5 Å². The molecule has 0 aromatic heterocycles. The molecule has 3 aromatic rings. The molecule has 0 saturated heterocycles. The lowest BCUT2D eigenvalue weighted by atomic mass is 10.2. The van der Waals surface area contributed by atoms with Gasteiger partial charge in [0.1, 0.15) is 12.4 Å². The highest BCUT2D eigenvalue weighted by molar-refractivity contribution is 6.36. The second kappa shape index (κ2) is 9.31. The molecule has 1 amide bonds. The van der Waals surface area contributed by atoms with Crippen LogP contribution in [0.5, 0.6) is 5.75 Å². The summed E-state index contributed by atoms with van der Waals surface area (Å²) in [5.41, 5.74) is 2.39. The van der Waals surface area contributed by atoms with E-state index in [1.807, 2.05) is 48.5 Å². The zero-order valence-electron chi connectivity index (χ0n) is 14.4. The summed E-state index contributed by atoms with van der Waals surface area (Å²) in [6, 6.07) is 22.2. The molecule has 138 valence electrons. The van der Waals surface area contributed by atoms with E-state index < -0.39 is 0 Å². The largest absolute Gasteiger partial charge is 0.489 e. The van der Waals surface area contributed by atoms with Crippen LogP contribution in [0.4, 0.5) is 11.4 Å². The number of rotatable bonds is 7. The maximum atomic E-state index is 12.2. The SMILES string of the molecule is O=C(CNc1ccc(Cl)cc1Cl)Nc1cccc(OCc2ccccc2)c1. The van der Waals surface area contributed by atoms with E-state index in [1.165, 1.54) is 0 Å². The highest BCUT2D eigenvalue weighted by atomic mass is 35.5. The Labute approximate surface area is 168 Å². The molecular weight excluding hydrogens is 383 g/mol. The van der Waals surface area contributed by atoms with Gasteiger partial charge in [-0.25, -0.2) is 0 Å². The molecule has 4 nitrogen and oxygen atoms in total. The van der Waals surface area contributed by atoms with Crippen molar-refractivity contribution < 1.29 is 9.53 Å². The van der Waals surface area contributed by atoms with Gasteiger partial charge in [-0.1, -0.05) is 59.6 Å². The van der Waals surface area contributed by atoms with Crippen molar-refractivity contribution in [1.82, 2.24) is 0 Å². The van der Waals surface area contributed by atoms with E-state index in [0.717, 1.165) is 5.56 Å². The lowest BCUT2D eigenvalue weighted by Gasteiger charge is -2.11. The zero-order valence-corrected chi connectivity index (χ0v) is 15.9. The van der Waals surface area contributed by atoms with Gasteiger partial charge in [0, 0.05) is 16.8 Å². The molecule has 0 saturated carbocycles. The third-order valence-electron chi connectivity index (χ3n) is 3.74. The van der Waals surface area contributed by atoms with Gasteiger partial charge in [-0.3, -0.25) is 4.79 Å². The Morgan fingerprint density at radius 2 is 1.74 bits per heavy atom. The van der Waals surface area contributed by atoms with Crippen LogP contribution in [0.25, 0.3) is 0 Å². The number of nitrogens with one attached hydrogen (secondary N) is 2. The smallest absolute Gasteiger partial charge is 0.243 e. The first-order chi connectivity index (χ1) is 13.1. The molecule has 0 aliphatic carbocycles. The molecule has 0 atom stereocenters. The normalized spacial score (nSPS) is 10.3. The highest BCUT2D eigenvalue weighted by Crippen LogP contribution is 2.25. The first kappa shape index (κ1) is 19.1. The highest BCUT2D eigenvalue weighted by Gasteiger charge is 2.06. The van der Waals surface area contributed by atoms with Crippen LogP contribution in [0.2, 0.25) is 10.0 Å². The van der Waals surface area contributed by atoms with Gasteiger partial charge >= 0.3 is 0 Å². The minimum atomic E-state index is -0.193. The lowest BCUT2D eigenvalue weighted by Crippen LogP contribution is -2.21. The molecule has 0 radical (unpaired) electrons. The van der Waals surface area contributed by atoms with Crippen molar-refractivity contribution in [3.63, 3.8) is 0 Å². The molecule has 0 spiro atoms. The van der Waals surface area contributed by atoms with Gasteiger partial charge in [-0.15, -0.1) is 0 Å². The minimum absolute atomic E-state index is 0.0798. The van der Waals surface area contributed by atoms with Gasteiger partial charge in [-0.05, 0) is 35.9 Å². The van der Waals surface area contributed by atoms with Crippen LogP contribution in [0.15, 0.2) is 72.8 Å². The van der Waals surface area contributed by atoms with Crippen molar-refractivity contribution in [2.24, 2.45) is 0 Å². The molecule has 0 aliphatic rings. The molecule has 0 bridgehead atoms. The average molecular weight is 401 g/mol. The van der Waals surface area contributed by atoms with Crippen LogP contribution in [-0.4, -0.2) is 12.5 Å². The molecule has 3 aromatic carbocycles. The monoisotopic (exact) mass is 400 g/mol.